The standard InChI is InChI=1S/C20H20BrF2N5O2/c1-11-5-14(18(24)16(21)6-11)19(29)27-12(2)20(30,8-28-10-25-9-26-28)15-4-3-13(22)7-17(15)23/h3-7,9-10,12,30H,8,24H2,1-2H3,(H,27,29)/t12-,20-/m1/s1. The number of nitrogens with one attached hydrogen (secondary N) is 1. The fourth-order valence-electron chi connectivity index (χ4n) is 3.19. The molecule has 3 aromatic rings. The lowest BCUT2D eigenvalue weighted by Crippen LogP contribution is -2.52. The molecule has 0 aliphatic heterocycles. The molecule has 158 valence electrons. The number of hydrogen-bond donors (Lipinski definition) is 3. The summed E-state index contributed by atoms with van der Waals surface area (Å²) in [5, 5.41) is 18.1. The van der Waals surface area contributed by atoms with Gasteiger partial charge in [-0.05, 0) is 53.5 Å². The maximum Gasteiger partial charge on any atom is 0.253 e. The third kappa shape index (κ3) is 4.34. The van der Waals surface area contributed by atoms with E-state index in [1.165, 1.54) is 24.3 Å². The Morgan fingerprint density at radius 3 is 2.73 bits per heavy atom. The molecule has 0 bridgehead atoms. The SMILES string of the molecule is Cc1cc(Br)c(N)c(C(=O)N[C@H](C)[C@](O)(Cn2cncn2)c2ccc(F)cc2F)c1. The van der Waals surface area contributed by atoms with Gasteiger partial charge in [-0.2, -0.15) is 5.10 Å². The van der Waals surface area contributed by atoms with Crippen molar-refractivity contribution < 1.29 is 18.7 Å². The first-order valence-electron chi connectivity index (χ1n) is 8.98. The summed E-state index contributed by atoms with van der Waals surface area (Å²) in [4.78, 5) is 16.7. The van der Waals surface area contributed by atoms with Gasteiger partial charge in [0.2, 0.25) is 0 Å². The van der Waals surface area contributed by atoms with Gasteiger partial charge >= 0.3 is 0 Å². The number of aliphatic hydroxyl groups is 1. The zero-order valence-corrected chi connectivity index (χ0v) is 17.8. The Kier molecular flexibility index (Phi) is 6.18. The number of nitrogens with two attached hydrogens (primary N) is 1. The number of amides is 1. The van der Waals surface area contributed by atoms with Crippen LogP contribution in [0.4, 0.5) is 14.5 Å². The molecule has 0 saturated heterocycles. The molecule has 7 nitrogen and oxygen atoms in total. The second-order valence-corrected chi connectivity index (χ2v) is 7.90. The number of anilines is 1. The highest BCUT2D eigenvalue weighted by Gasteiger charge is 2.40. The topological polar surface area (TPSA) is 106 Å². The summed E-state index contributed by atoms with van der Waals surface area (Å²) in [6.07, 6.45) is 2.60. The van der Waals surface area contributed by atoms with E-state index in [2.05, 4.69) is 31.3 Å². The third-order valence-electron chi connectivity index (χ3n) is 4.85. The Bertz CT molecular complexity index is 1080. The van der Waals surface area contributed by atoms with Gasteiger partial charge in [-0.25, -0.2) is 18.4 Å². The predicted molar refractivity (Wildman–Crippen MR) is 110 cm³/mol. The zero-order chi connectivity index (χ0) is 22.1. The molecule has 0 fully saturated rings. The molecule has 2 aromatic carbocycles. The van der Waals surface area contributed by atoms with Crippen molar-refractivity contribution in [2.24, 2.45) is 0 Å². The van der Waals surface area contributed by atoms with Gasteiger partial charge in [0.1, 0.15) is 29.9 Å². The summed E-state index contributed by atoms with van der Waals surface area (Å²) >= 11 is 3.31. The molecular formula is C20H20BrF2N5O2. The number of rotatable bonds is 6. The molecule has 0 aliphatic rings. The first-order valence-corrected chi connectivity index (χ1v) is 9.78. The number of nitrogen functional groups attached to an aromatic ring is 1. The van der Waals surface area contributed by atoms with Gasteiger partial charge < -0.3 is 16.2 Å². The van der Waals surface area contributed by atoms with Crippen LogP contribution in [0.25, 0.3) is 0 Å². The second-order valence-electron chi connectivity index (χ2n) is 7.04. The Morgan fingerprint density at radius 1 is 1.37 bits per heavy atom. The monoisotopic (exact) mass is 479 g/mol. The molecule has 1 aromatic heterocycles. The van der Waals surface area contributed by atoms with Crippen molar-refractivity contribution in [3.8, 4) is 0 Å². The third-order valence-corrected chi connectivity index (χ3v) is 5.51. The van der Waals surface area contributed by atoms with Gasteiger partial charge in [-0.3, -0.25) is 4.79 Å². The van der Waals surface area contributed by atoms with E-state index in [-0.39, 0.29) is 23.4 Å². The van der Waals surface area contributed by atoms with Crippen LogP contribution in [0, 0.1) is 18.6 Å². The van der Waals surface area contributed by atoms with Crippen LogP contribution in [0.2, 0.25) is 0 Å². The maximum atomic E-state index is 14.6. The molecule has 10 heteroatoms. The lowest BCUT2D eigenvalue weighted by molar-refractivity contribution is -0.0186. The van der Waals surface area contributed by atoms with Crippen LogP contribution < -0.4 is 11.1 Å². The Hall–Kier alpha value is -2.85. The van der Waals surface area contributed by atoms with E-state index >= 15 is 0 Å². The summed E-state index contributed by atoms with van der Waals surface area (Å²) in [6, 6.07) is 5.22. The predicted octanol–water partition coefficient (Wildman–Crippen LogP) is 2.92. The molecule has 0 unspecified atom stereocenters. The van der Waals surface area contributed by atoms with Gasteiger partial charge in [-0.1, -0.05) is 6.07 Å². The van der Waals surface area contributed by atoms with E-state index in [4.69, 9.17) is 5.73 Å². The van der Waals surface area contributed by atoms with E-state index < -0.39 is 29.2 Å². The highest BCUT2D eigenvalue weighted by molar-refractivity contribution is 9.10. The average molecular weight is 480 g/mol. The Balaban J connectivity index is 1.98. The highest BCUT2D eigenvalue weighted by atomic mass is 79.9. The quantitative estimate of drug-likeness (QED) is 0.471. The normalized spacial score (nSPS) is 14.2. The molecule has 0 saturated carbocycles. The molecule has 3 rings (SSSR count). The summed E-state index contributed by atoms with van der Waals surface area (Å²) < 4.78 is 29.9. The van der Waals surface area contributed by atoms with Crippen LogP contribution in [0.1, 0.15) is 28.4 Å². The van der Waals surface area contributed by atoms with Gasteiger partial charge in [0.25, 0.3) is 5.91 Å². The highest BCUT2D eigenvalue weighted by Crippen LogP contribution is 2.31. The fourth-order valence-corrected chi connectivity index (χ4v) is 3.77. The van der Waals surface area contributed by atoms with Gasteiger partial charge in [-0.15, -0.1) is 0 Å². The molecular weight excluding hydrogens is 460 g/mol. The minimum absolute atomic E-state index is 0.189. The number of aryl methyl sites for hydroxylation is 1. The molecule has 2 atom stereocenters. The number of benzene rings is 2. The van der Waals surface area contributed by atoms with E-state index in [0.717, 1.165) is 17.7 Å². The summed E-state index contributed by atoms with van der Waals surface area (Å²) in [6.45, 7) is 3.09. The molecule has 1 heterocycles. The van der Waals surface area contributed by atoms with Gasteiger partial charge in [0, 0.05) is 16.1 Å². The van der Waals surface area contributed by atoms with Gasteiger partial charge in [0.15, 0.2) is 0 Å². The minimum Gasteiger partial charge on any atom is -0.397 e. The summed E-state index contributed by atoms with van der Waals surface area (Å²) in [5.74, 6) is -2.28. The van der Waals surface area contributed by atoms with Crippen molar-refractivity contribution in [3.63, 3.8) is 0 Å². The molecule has 0 radical (unpaired) electrons. The first-order chi connectivity index (χ1) is 14.1. The van der Waals surface area contributed by atoms with Crippen molar-refractivity contribution >= 4 is 27.5 Å². The zero-order valence-electron chi connectivity index (χ0n) is 16.2. The number of carbonyl (C=O) groups excluding carboxylic acids is 1. The van der Waals surface area contributed by atoms with Gasteiger partial charge in [0.05, 0.1) is 23.8 Å². The smallest absolute Gasteiger partial charge is 0.253 e. The number of carbonyl (C=O) groups is 1. The molecule has 4 N–H and O–H groups in total. The van der Waals surface area contributed by atoms with Crippen LogP contribution in [-0.4, -0.2) is 31.8 Å². The Morgan fingerprint density at radius 2 is 2.10 bits per heavy atom. The summed E-state index contributed by atoms with van der Waals surface area (Å²) in [5.41, 5.74) is 5.10. The maximum absolute atomic E-state index is 14.6. The molecule has 30 heavy (non-hydrogen) atoms. The number of aromatic nitrogens is 3. The summed E-state index contributed by atoms with van der Waals surface area (Å²) in [7, 11) is 0. The van der Waals surface area contributed by atoms with E-state index in [1.54, 1.807) is 19.1 Å². The van der Waals surface area contributed by atoms with Crippen LogP contribution in [0.5, 0.6) is 0 Å². The minimum atomic E-state index is -1.96. The van der Waals surface area contributed by atoms with E-state index in [1.807, 2.05) is 0 Å². The number of nitrogens with zero attached hydrogens (tertiary/aromatic N) is 3. The first kappa shape index (κ1) is 21.8. The van der Waals surface area contributed by atoms with Crippen molar-refractivity contribution in [3.05, 3.63) is 75.8 Å². The van der Waals surface area contributed by atoms with Crippen LogP contribution in [0.3, 0.4) is 0 Å². The fraction of sp³-hybridized carbons (Fsp3) is 0.250. The average Bonchev–Trinajstić information content (AvgIpc) is 3.17. The van der Waals surface area contributed by atoms with Crippen LogP contribution >= 0.6 is 15.9 Å². The van der Waals surface area contributed by atoms with E-state index in [9.17, 15) is 18.7 Å². The van der Waals surface area contributed by atoms with Crippen molar-refractivity contribution in [2.45, 2.75) is 32.0 Å². The number of hydrogen-bond acceptors (Lipinski definition) is 5. The molecule has 1 amide bonds. The second kappa shape index (κ2) is 8.49. The lowest BCUT2D eigenvalue weighted by atomic mass is 9.86. The Labute approximate surface area is 180 Å². The molecule has 0 aliphatic carbocycles. The van der Waals surface area contributed by atoms with E-state index in [0.29, 0.717) is 10.5 Å². The largest absolute Gasteiger partial charge is 0.397 e. The van der Waals surface area contributed by atoms with Crippen molar-refractivity contribution in [2.75, 3.05) is 5.73 Å². The molecule has 0 spiro atoms. The van der Waals surface area contributed by atoms with Crippen LogP contribution in [0.15, 0.2) is 47.5 Å². The van der Waals surface area contributed by atoms with Crippen molar-refractivity contribution in [1.82, 2.24) is 20.1 Å². The van der Waals surface area contributed by atoms with Crippen LogP contribution in [-0.2, 0) is 12.1 Å². The number of halogens is 3. The lowest BCUT2D eigenvalue weighted by Gasteiger charge is -2.35. The van der Waals surface area contributed by atoms with Crippen molar-refractivity contribution in [1.29, 1.82) is 0 Å².